The average Bonchev–Trinajstić information content (AvgIpc) is 2.49. The van der Waals surface area contributed by atoms with Gasteiger partial charge in [-0.2, -0.15) is 0 Å². The fraction of sp³-hybridized carbons (Fsp3) is 0.263. The van der Waals surface area contributed by atoms with Crippen LogP contribution >= 0.6 is 0 Å². The van der Waals surface area contributed by atoms with Crippen molar-refractivity contribution < 1.29 is 9.59 Å². The first-order valence-corrected chi connectivity index (χ1v) is 7.80. The van der Waals surface area contributed by atoms with Crippen LogP contribution in [0.4, 0.5) is 11.4 Å². The zero-order chi connectivity index (χ0) is 17.9. The smallest absolute Gasteiger partial charge is 0.249 e. The standard InChI is InChI=1S/C19H23N3O2/c1-11-8-12(2)18(13(3)9-11)22-17(23)10-21-16-7-5-6-15(14(16)4)19(20)24/h5-9,21H,10H2,1-4H3,(H2,20,24)(H,22,23). The van der Waals surface area contributed by atoms with Crippen LogP contribution in [-0.2, 0) is 4.79 Å². The first-order chi connectivity index (χ1) is 11.3. The predicted molar refractivity (Wildman–Crippen MR) is 97.5 cm³/mol. The number of anilines is 2. The monoisotopic (exact) mass is 325 g/mol. The molecule has 5 nitrogen and oxygen atoms in total. The molecule has 0 bridgehead atoms. The van der Waals surface area contributed by atoms with Crippen LogP contribution in [0, 0.1) is 27.7 Å². The van der Waals surface area contributed by atoms with Crippen LogP contribution in [0.3, 0.4) is 0 Å². The van der Waals surface area contributed by atoms with E-state index >= 15 is 0 Å². The van der Waals surface area contributed by atoms with E-state index < -0.39 is 5.91 Å². The Balaban J connectivity index is 2.07. The molecule has 0 spiro atoms. The number of nitrogens with two attached hydrogens (primary N) is 1. The number of carbonyl (C=O) groups excluding carboxylic acids is 2. The number of amides is 2. The Morgan fingerprint density at radius 2 is 1.67 bits per heavy atom. The molecule has 0 heterocycles. The number of hydrogen-bond donors (Lipinski definition) is 3. The summed E-state index contributed by atoms with van der Waals surface area (Å²) in [7, 11) is 0. The highest BCUT2D eigenvalue weighted by molar-refractivity contribution is 5.97. The molecule has 4 N–H and O–H groups in total. The SMILES string of the molecule is Cc1cc(C)c(NC(=O)CNc2cccc(C(N)=O)c2C)c(C)c1. The van der Waals surface area contributed by atoms with Crippen molar-refractivity contribution in [2.24, 2.45) is 5.73 Å². The van der Waals surface area contributed by atoms with Crippen LogP contribution in [0.5, 0.6) is 0 Å². The van der Waals surface area contributed by atoms with Crippen molar-refractivity contribution in [3.8, 4) is 0 Å². The number of aryl methyl sites for hydroxylation is 3. The third-order valence-corrected chi connectivity index (χ3v) is 3.98. The van der Waals surface area contributed by atoms with Gasteiger partial charge < -0.3 is 16.4 Å². The van der Waals surface area contributed by atoms with Gasteiger partial charge in [-0.05, 0) is 56.5 Å². The molecule has 24 heavy (non-hydrogen) atoms. The third-order valence-electron chi connectivity index (χ3n) is 3.98. The zero-order valence-electron chi connectivity index (χ0n) is 14.5. The zero-order valence-corrected chi connectivity index (χ0v) is 14.5. The normalized spacial score (nSPS) is 10.3. The maximum atomic E-state index is 12.2. The van der Waals surface area contributed by atoms with Crippen molar-refractivity contribution in [1.82, 2.24) is 0 Å². The number of benzene rings is 2. The quantitative estimate of drug-likeness (QED) is 0.790. The largest absolute Gasteiger partial charge is 0.376 e. The predicted octanol–water partition coefficient (Wildman–Crippen LogP) is 3.07. The Morgan fingerprint density at radius 1 is 1.04 bits per heavy atom. The van der Waals surface area contributed by atoms with Gasteiger partial charge >= 0.3 is 0 Å². The maximum Gasteiger partial charge on any atom is 0.249 e. The first-order valence-electron chi connectivity index (χ1n) is 7.80. The van der Waals surface area contributed by atoms with Crippen molar-refractivity contribution in [2.45, 2.75) is 27.7 Å². The molecule has 0 aliphatic rings. The van der Waals surface area contributed by atoms with Crippen molar-refractivity contribution in [2.75, 3.05) is 17.2 Å². The Labute approximate surface area is 142 Å². The average molecular weight is 325 g/mol. The molecule has 0 aromatic heterocycles. The van der Waals surface area contributed by atoms with E-state index in [1.807, 2.05) is 39.0 Å². The van der Waals surface area contributed by atoms with Gasteiger partial charge in [0.1, 0.15) is 0 Å². The van der Waals surface area contributed by atoms with Crippen LogP contribution in [0.1, 0.15) is 32.6 Å². The second kappa shape index (κ2) is 7.17. The van der Waals surface area contributed by atoms with Gasteiger partial charge in [0.25, 0.3) is 0 Å². The van der Waals surface area contributed by atoms with E-state index in [1.165, 1.54) is 5.56 Å². The molecule has 2 rings (SSSR count). The molecular weight excluding hydrogens is 302 g/mol. The lowest BCUT2D eigenvalue weighted by atomic mass is 10.0. The summed E-state index contributed by atoms with van der Waals surface area (Å²) in [5.41, 5.74) is 11.3. The van der Waals surface area contributed by atoms with E-state index in [1.54, 1.807) is 19.1 Å². The number of primary amides is 1. The number of rotatable bonds is 5. The number of hydrogen-bond acceptors (Lipinski definition) is 3. The summed E-state index contributed by atoms with van der Waals surface area (Å²) in [5, 5.41) is 6.00. The fourth-order valence-corrected chi connectivity index (χ4v) is 2.83. The molecule has 2 amide bonds. The van der Waals surface area contributed by atoms with Crippen LogP contribution in [0.2, 0.25) is 0 Å². The van der Waals surface area contributed by atoms with E-state index in [-0.39, 0.29) is 12.5 Å². The number of carbonyl (C=O) groups is 2. The minimum Gasteiger partial charge on any atom is -0.376 e. The van der Waals surface area contributed by atoms with Gasteiger partial charge in [0, 0.05) is 16.9 Å². The Bertz CT molecular complexity index is 774. The summed E-state index contributed by atoms with van der Waals surface area (Å²) >= 11 is 0. The summed E-state index contributed by atoms with van der Waals surface area (Å²) < 4.78 is 0. The van der Waals surface area contributed by atoms with Crippen molar-refractivity contribution in [1.29, 1.82) is 0 Å². The Kier molecular flexibility index (Phi) is 5.24. The molecule has 2 aromatic carbocycles. The number of nitrogens with one attached hydrogen (secondary N) is 2. The molecule has 5 heteroatoms. The van der Waals surface area contributed by atoms with Crippen molar-refractivity contribution in [3.05, 3.63) is 58.1 Å². The van der Waals surface area contributed by atoms with Gasteiger partial charge in [0.05, 0.1) is 6.54 Å². The molecule has 0 radical (unpaired) electrons. The highest BCUT2D eigenvalue weighted by Gasteiger charge is 2.11. The van der Waals surface area contributed by atoms with Gasteiger partial charge in [-0.15, -0.1) is 0 Å². The summed E-state index contributed by atoms with van der Waals surface area (Å²) in [6.07, 6.45) is 0. The van der Waals surface area contributed by atoms with E-state index in [0.29, 0.717) is 5.56 Å². The molecule has 0 unspecified atom stereocenters. The summed E-state index contributed by atoms with van der Waals surface area (Å²) in [6, 6.07) is 9.30. The lowest BCUT2D eigenvalue weighted by molar-refractivity contribution is -0.114. The second-order valence-corrected chi connectivity index (χ2v) is 6.02. The molecule has 0 saturated carbocycles. The van der Waals surface area contributed by atoms with Crippen LogP contribution in [-0.4, -0.2) is 18.4 Å². The van der Waals surface area contributed by atoms with Gasteiger partial charge in [0.15, 0.2) is 0 Å². The highest BCUT2D eigenvalue weighted by Crippen LogP contribution is 2.22. The summed E-state index contributed by atoms with van der Waals surface area (Å²) in [6.45, 7) is 7.89. The molecule has 0 fully saturated rings. The molecule has 126 valence electrons. The Morgan fingerprint density at radius 3 is 2.25 bits per heavy atom. The molecule has 0 aliphatic carbocycles. The summed E-state index contributed by atoms with van der Waals surface area (Å²) in [4.78, 5) is 23.6. The molecule has 0 saturated heterocycles. The lowest BCUT2D eigenvalue weighted by Crippen LogP contribution is -2.23. The molecule has 0 aliphatic heterocycles. The van der Waals surface area contributed by atoms with Crippen molar-refractivity contribution >= 4 is 23.2 Å². The van der Waals surface area contributed by atoms with Gasteiger partial charge in [-0.1, -0.05) is 23.8 Å². The minimum atomic E-state index is -0.480. The third kappa shape index (κ3) is 3.93. The molecular formula is C19H23N3O2. The topological polar surface area (TPSA) is 84.2 Å². The van der Waals surface area contributed by atoms with E-state index in [0.717, 1.165) is 28.1 Å². The maximum absolute atomic E-state index is 12.2. The minimum absolute atomic E-state index is 0.107. The van der Waals surface area contributed by atoms with Crippen molar-refractivity contribution in [3.63, 3.8) is 0 Å². The van der Waals surface area contributed by atoms with Gasteiger partial charge in [-0.25, -0.2) is 0 Å². The molecule has 2 aromatic rings. The second-order valence-electron chi connectivity index (χ2n) is 6.02. The molecule has 0 atom stereocenters. The fourth-order valence-electron chi connectivity index (χ4n) is 2.83. The van der Waals surface area contributed by atoms with Crippen LogP contribution < -0.4 is 16.4 Å². The van der Waals surface area contributed by atoms with Gasteiger partial charge in [-0.3, -0.25) is 9.59 Å². The first kappa shape index (κ1) is 17.5. The van der Waals surface area contributed by atoms with E-state index in [2.05, 4.69) is 10.6 Å². The Hall–Kier alpha value is -2.82. The van der Waals surface area contributed by atoms with E-state index in [4.69, 9.17) is 5.73 Å². The van der Waals surface area contributed by atoms with Gasteiger partial charge in [0.2, 0.25) is 11.8 Å². The van der Waals surface area contributed by atoms with E-state index in [9.17, 15) is 9.59 Å². The van der Waals surface area contributed by atoms with Crippen LogP contribution in [0.15, 0.2) is 30.3 Å². The van der Waals surface area contributed by atoms with Crippen LogP contribution in [0.25, 0.3) is 0 Å². The summed E-state index contributed by atoms with van der Waals surface area (Å²) in [5.74, 6) is -0.625. The lowest BCUT2D eigenvalue weighted by Gasteiger charge is -2.15. The highest BCUT2D eigenvalue weighted by atomic mass is 16.2.